The van der Waals surface area contributed by atoms with Crippen molar-refractivity contribution >= 4 is 26.3 Å². The maximum Gasteiger partial charge on any atom is 0.0593 e. The third-order valence-corrected chi connectivity index (χ3v) is 14.8. The minimum absolute atomic E-state index is 0.324. The first-order chi connectivity index (χ1) is 16.1. The Hall–Kier alpha value is -2.90. The fourth-order valence-electron chi connectivity index (χ4n) is 7.98. The molecule has 4 aliphatic rings. The van der Waals surface area contributed by atoms with Gasteiger partial charge < -0.3 is 0 Å². The van der Waals surface area contributed by atoms with Crippen molar-refractivity contribution in [2.75, 3.05) is 0 Å². The lowest BCUT2D eigenvalue weighted by atomic mass is 9.73. The highest BCUT2D eigenvalue weighted by Crippen LogP contribution is 2.86. The Labute approximate surface area is 198 Å². The Morgan fingerprint density at radius 3 is 1.64 bits per heavy atom. The molecule has 162 valence electrons. The summed E-state index contributed by atoms with van der Waals surface area (Å²) in [4.78, 5) is 0. The largest absolute Gasteiger partial charge is 0.0764 e. The second-order valence-corrected chi connectivity index (χ2v) is 16.0. The van der Waals surface area contributed by atoms with Gasteiger partial charge in [-0.1, -0.05) is 122 Å². The lowest BCUT2D eigenvalue weighted by Gasteiger charge is -2.34. The van der Waals surface area contributed by atoms with E-state index < -0.39 is 8.07 Å². The molecule has 0 N–H and O–H groups in total. The van der Waals surface area contributed by atoms with Gasteiger partial charge in [-0.3, -0.25) is 0 Å². The van der Waals surface area contributed by atoms with Crippen LogP contribution in [-0.2, 0) is 0 Å². The molecule has 1 saturated heterocycles. The van der Waals surface area contributed by atoms with Crippen LogP contribution >= 0.6 is 0 Å². The van der Waals surface area contributed by atoms with Crippen LogP contribution in [0.5, 0.6) is 0 Å². The summed E-state index contributed by atoms with van der Waals surface area (Å²) in [6.45, 7) is 5.37. The predicted molar refractivity (Wildman–Crippen MR) is 143 cm³/mol. The van der Waals surface area contributed by atoms with Gasteiger partial charge in [0.2, 0.25) is 0 Å². The molecule has 0 radical (unpaired) electrons. The molecule has 3 aromatic rings. The summed E-state index contributed by atoms with van der Waals surface area (Å²) in [5, 5.41) is 0.324. The summed E-state index contributed by atoms with van der Waals surface area (Å²) in [7, 11) is -1.56. The zero-order valence-electron chi connectivity index (χ0n) is 19.4. The van der Waals surface area contributed by atoms with Crippen LogP contribution < -0.4 is 0 Å². The van der Waals surface area contributed by atoms with E-state index >= 15 is 0 Å². The third-order valence-electron chi connectivity index (χ3n) is 9.50. The zero-order chi connectivity index (χ0) is 22.2. The summed E-state index contributed by atoms with van der Waals surface area (Å²) in [5.41, 5.74) is 9.71. The number of fused-ring (bicyclic) bond motifs is 3. The Morgan fingerprint density at radius 1 is 0.606 bits per heavy atom. The first-order valence-electron chi connectivity index (χ1n) is 12.4. The number of rotatable bonds is 4. The molecule has 1 heterocycles. The van der Waals surface area contributed by atoms with E-state index in [2.05, 4.69) is 122 Å². The summed E-state index contributed by atoms with van der Waals surface area (Å²) >= 11 is 0. The van der Waals surface area contributed by atoms with Gasteiger partial charge in [-0.2, -0.15) is 0 Å². The van der Waals surface area contributed by atoms with Crippen molar-refractivity contribution in [3.05, 3.63) is 124 Å². The van der Waals surface area contributed by atoms with Crippen molar-refractivity contribution in [3.8, 4) is 0 Å². The lowest BCUT2D eigenvalue weighted by Crippen LogP contribution is -2.23. The van der Waals surface area contributed by atoms with Gasteiger partial charge in [0.1, 0.15) is 0 Å². The molecule has 0 spiro atoms. The molecule has 0 aromatic heterocycles. The fourth-order valence-corrected chi connectivity index (χ4v) is 14.2. The molecular weight excluding hydrogens is 412 g/mol. The van der Waals surface area contributed by atoms with Gasteiger partial charge in [0.15, 0.2) is 0 Å². The monoisotopic (exact) mass is 442 g/mol. The topological polar surface area (TPSA) is 0 Å². The Kier molecular flexibility index (Phi) is 4.03. The van der Waals surface area contributed by atoms with Crippen molar-refractivity contribution in [2.24, 2.45) is 0 Å². The Balaban J connectivity index is 1.36. The molecule has 0 bridgehead atoms. The highest BCUT2D eigenvalue weighted by atomic mass is 28.3. The van der Waals surface area contributed by atoms with Crippen LogP contribution in [0, 0.1) is 0 Å². The van der Waals surface area contributed by atoms with Gasteiger partial charge in [-0.15, -0.1) is 0 Å². The van der Waals surface area contributed by atoms with Crippen LogP contribution in [-0.4, -0.2) is 8.07 Å². The van der Waals surface area contributed by atoms with E-state index in [1.54, 1.807) is 11.1 Å². The smallest absolute Gasteiger partial charge is 0.0593 e. The quantitative estimate of drug-likeness (QED) is 0.355. The van der Waals surface area contributed by atoms with Crippen LogP contribution in [0.15, 0.2) is 91.0 Å². The predicted octanol–water partition coefficient (Wildman–Crippen LogP) is 8.64. The lowest BCUT2D eigenvalue weighted by molar-refractivity contribution is 0.493. The first-order valence-corrected chi connectivity index (χ1v) is 15.5. The molecule has 4 unspecified atom stereocenters. The Bertz CT molecular complexity index is 1290. The van der Waals surface area contributed by atoms with Crippen LogP contribution in [0.3, 0.4) is 0 Å². The van der Waals surface area contributed by atoms with Crippen molar-refractivity contribution in [1.82, 2.24) is 0 Å². The van der Waals surface area contributed by atoms with E-state index in [0.717, 1.165) is 5.54 Å². The van der Waals surface area contributed by atoms with Crippen molar-refractivity contribution in [1.29, 1.82) is 0 Å². The summed E-state index contributed by atoms with van der Waals surface area (Å²) < 4.78 is 0. The van der Waals surface area contributed by atoms with Gasteiger partial charge in [-0.25, -0.2) is 0 Å². The number of allylic oxidation sites excluding steroid dienone is 3. The van der Waals surface area contributed by atoms with Crippen molar-refractivity contribution < 1.29 is 0 Å². The maximum atomic E-state index is 2.69. The number of hydrogen-bond donors (Lipinski definition) is 0. The van der Waals surface area contributed by atoms with Crippen LogP contribution in [0.4, 0.5) is 0 Å². The maximum absolute atomic E-state index is 2.69. The molecule has 0 amide bonds. The van der Waals surface area contributed by atoms with Crippen LogP contribution in [0.1, 0.15) is 57.6 Å². The van der Waals surface area contributed by atoms with E-state index in [1.165, 1.54) is 28.7 Å². The first kappa shape index (κ1) is 19.6. The molecule has 3 aliphatic carbocycles. The third kappa shape index (κ3) is 2.52. The zero-order valence-corrected chi connectivity index (χ0v) is 20.4. The second kappa shape index (κ2) is 6.81. The van der Waals surface area contributed by atoms with E-state index in [4.69, 9.17) is 0 Å². The highest BCUT2D eigenvalue weighted by Gasteiger charge is 2.77. The van der Waals surface area contributed by atoms with E-state index in [9.17, 15) is 0 Å². The number of hydrogen-bond acceptors (Lipinski definition) is 0. The summed E-state index contributed by atoms with van der Waals surface area (Å²) in [5.74, 6) is 1.59. The molecule has 3 aromatic carbocycles. The molecule has 33 heavy (non-hydrogen) atoms. The molecule has 1 heteroatoms. The van der Waals surface area contributed by atoms with Gasteiger partial charge >= 0.3 is 0 Å². The minimum Gasteiger partial charge on any atom is -0.0764 e. The molecule has 4 atom stereocenters. The molecule has 1 fully saturated rings. The SMILES string of the molecule is C[Si]1(C)C(CC2C=Cc3ccccc32)C1(C1C=Cc2ccccc21)C1C=Cc2ccccc21. The Morgan fingerprint density at radius 2 is 1.06 bits per heavy atom. The van der Waals surface area contributed by atoms with Crippen molar-refractivity contribution in [2.45, 2.75) is 47.8 Å². The minimum atomic E-state index is -1.56. The molecule has 7 rings (SSSR count). The van der Waals surface area contributed by atoms with Gasteiger partial charge in [0, 0.05) is 17.8 Å². The molecular formula is C32H30Si. The second-order valence-electron chi connectivity index (χ2n) is 11.0. The molecule has 1 aliphatic heterocycles. The molecule has 0 saturated carbocycles. The van der Waals surface area contributed by atoms with Gasteiger partial charge in [0.05, 0.1) is 8.07 Å². The fraction of sp³-hybridized carbons (Fsp3) is 0.250. The average molecular weight is 443 g/mol. The standard InChI is InChI=1S/C32H30Si/c1-33(2)31(21-25-16-15-22-9-3-6-12-26(22)25)32(33,29-19-17-23-10-4-7-13-27(23)29)30-20-18-24-11-5-8-14-28(24)30/h3-20,25,29-31H,21H2,1-2H3. The normalized spacial score (nSPS) is 31.5. The van der Waals surface area contributed by atoms with E-state index in [1.807, 2.05) is 0 Å². The van der Waals surface area contributed by atoms with Gasteiger partial charge in [-0.05, 0) is 50.4 Å². The van der Waals surface area contributed by atoms with Crippen LogP contribution in [0.25, 0.3) is 18.2 Å². The average Bonchev–Trinajstić information content (AvgIpc) is 3.39. The van der Waals surface area contributed by atoms with E-state index in [-0.39, 0.29) is 0 Å². The van der Waals surface area contributed by atoms with Crippen LogP contribution in [0.2, 0.25) is 23.7 Å². The summed E-state index contributed by atoms with van der Waals surface area (Å²) in [6, 6.07) is 27.3. The molecule has 0 nitrogen and oxygen atoms in total. The number of benzene rings is 3. The summed E-state index contributed by atoms with van der Waals surface area (Å²) in [6.07, 6.45) is 16.0. The van der Waals surface area contributed by atoms with Gasteiger partial charge in [0.25, 0.3) is 0 Å². The highest BCUT2D eigenvalue weighted by molar-refractivity contribution is 6.93. The van der Waals surface area contributed by atoms with E-state index in [0.29, 0.717) is 22.8 Å². The van der Waals surface area contributed by atoms with Crippen molar-refractivity contribution in [3.63, 3.8) is 0 Å².